The molecule has 20 heavy (non-hydrogen) atoms. The van der Waals surface area contributed by atoms with E-state index >= 15 is 0 Å². The number of amides is 1. The lowest BCUT2D eigenvalue weighted by atomic mass is 9.85. The van der Waals surface area contributed by atoms with Gasteiger partial charge in [0, 0.05) is 23.6 Å². The first-order valence-electron chi connectivity index (χ1n) is 6.37. The SMILES string of the molecule is CN(CC1CCC1)C(=O)c1ccc(Br)c(S(N)(=O)=O)c1. The Morgan fingerprint density at radius 2 is 2.10 bits per heavy atom. The molecule has 5 nitrogen and oxygen atoms in total. The van der Waals surface area contributed by atoms with Crippen molar-refractivity contribution >= 4 is 31.9 Å². The minimum absolute atomic E-state index is 0.0691. The summed E-state index contributed by atoms with van der Waals surface area (Å²) in [6.07, 6.45) is 3.53. The molecule has 0 atom stereocenters. The molecular weight excluding hydrogens is 344 g/mol. The second-order valence-corrected chi connectivity index (χ2v) is 7.56. The van der Waals surface area contributed by atoms with Gasteiger partial charge in [-0.05, 0) is 52.9 Å². The third-order valence-electron chi connectivity index (χ3n) is 3.59. The third kappa shape index (κ3) is 3.39. The van der Waals surface area contributed by atoms with Crippen LogP contribution in [-0.2, 0) is 10.0 Å². The van der Waals surface area contributed by atoms with E-state index in [0.29, 0.717) is 22.5 Å². The van der Waals surface area contributed by atoms with Gasteiger partial charge in [-0.1, -0.05) is 6.42 Å². The summed E-state index contributed by atoms with van der Waals surface area (Å²) in [7, 11) is -2.11. The Morgan fingerprint density at radius 3 is 2.60 bits per heavy atom. The summed E-state index contributed by atoms with van der Waals surface area (Å²) in [6, 6.07) is 4.45. The van der Waals surface area contributed by atoms with E-state index in [1.54, 1.807) is 18.0 Å². The Balaban J connectivity index is 2.21. The number of benzene rings is 1. The standard InChI is InChI=1S/C13H17BrN2O3S/c1-16(8-9-3-2-4-9)13(17)10-5-6-11(14)12(7-10)20(15,18)19/h5-7,9H,2-4,8H2,1H3,(H2,15,18,19). The highest BCUT2D eigenvalue weighted by Crippen LogP contribution is 2.27. The maximum Gasteiger partial charge on any atom is 0.253 e. The van der Waals surface area contributed by atoms with E-state index in [4.69, 9.17) is 5.14 Å². The summed E-state index contributed by atoms with van der Waals surface area (Å²) >= 11 is 3.13. The van der Waals surface area contributed by atoms with Crippen LogP contribution in [0.15, 0.2) is 27.6 Å². The van der Waals surface area contributed by atoms with Crippen LogP contribution in [0.4, 0.5) is 0 Å². The lowest BCUT2D eigenvalue weighted by molar-refractivity contribution is 0.0745. The molecule has 1 saturated carbocycles. The first-order chi connectivity index (χ1) is 9.29. The Morgan fingerprint density at radius 1 is 1.45 bits per heavy atom. The van der Waals surface area contributed by atoms with Crippen LogP contribution in [-0.4, -0.2) is 32.8 Å². The highest BCUT2D eigenvalue weighted by molar-refractivity contribution is 9.10. The van der Waals surface area contributed by atoms with Gasteiger partial charge < -0.3 is 4.90 Å². The maximum atomic E-state index is 12.3. The van der Waals surface area contributed by atoms with Gasteiger partial charge >= 0.3 is 0 Å². The van der Waals surface area contributed by atoms with Crippen molar-refractivity contribution in [1.82, 2.24) is 4.90 Å². The lowest BCUT2D eigenvalue weighted by Crippen LogP contribution is -2.34. The molecule has 7 heteroatoms. The molecule has 1 aromatic carbocycles. The lowest BCUT2D eigenvalue weighted by Gasteiger charge is -2.30. The van der Waals surface area contributed by atoms with E-state index in [1.165, 1.54) is 18.6 Å². The van der Waals surface area contributed by atoms with Crippen LogP contribution in [0.3, 0.4) is 0 Å². The van der Waals surface area contributed by atoms with Crippen LogP contribution in [0, 0.1) is 5.92 Å². The van der Waals surface area contributed by atoms with Gasteiger partial charge in [0.2, 0.25) is 10.0 Å². The molecule has 0 bridgehead atoms. The Kier molecular flexibility index (Phi) is 4.51. The van der Waals surface area contributed by atoms with E-state index in [0.717, 1.165) is 12.8 Å². The van der Waals surface area contributed by atoms with Crippen LogP contribution >= 0.6 is 15.9 Å². The number of nitrogens with zero attached hydrogens (tertiary/aromatic N) is 1. The predicted molar refractivity (Wildman–Crippen MR) is 79.8 cm³/mol. The minimum atomic E-state index is -3.85. The molecule has 0 spiro atoms. The van der Waals surface area contributed by atoms with Gasteiger partial charge in [-0.25, -0.2) is 13.6 Å². The number of nitrogens with two attached hydrogens (primary N) is 1. The minimum Gasteiger partial charge on any atom is -0.341 e. The Bertz CT molecular complexity index is 627. The molecule has 1 aromatic rings. The fourth-order valence-electron chi connectivity index (χ4n) is 2.22. The fraction of sp³-hybridized carbons (Fsp3) is 0.462. The first kappa shape index (κ1) is 15.5. The van der Waals surface area contributed by atoms with Gasteiger partial charge in [0.05, 0.1) is 4.90 Å². The molecule has 110 valence electrons. The van der Waals surface area contributed by atoms with E-state index in [1.807, 2.05) is 0 Å². The van der Waals surface area contributed by atoms with Crippen molar-refractivity contribution < 1.29 is 13.2 Å². The van der Waals surface area contributed by atoms with Crippen molar-refractivity contribution in [2.24, 2.45) is 11.1 Å². The topological polar surface area (TPSA) is 80.5 Å². The van der Waals surface area contributed by atoms with Gasteiger partial charge in [0.15, 0.2) is 0 Å². The van der Waals surface area contributed by atoms with Gasteiger partial charge in [0.1, 0.15) is 0 Å². The molecule has 0 aliphatic heterocycles. The Labute approximate surface area is 127 Å². The molecule has 0 heterocycles. The first-order valence-corrected chi connectivity index (χ1v) is 8.71. The summed E-state index contributed by atoms with van der Waals surface area (Å²) in [6.45, 7) is 0.708. The van der Waals surface area contributed by atoms with Gasteiger partial charge in [-0.15, -0.1) is 0 Å². The highest BCUT2D eigenvalue weighted by Gasteiger charge is 2.23. The number of halogens is 1. The van der Waals surface area contributed by atoms with Crippen LogP contribution in [0.5, 0.6) is 0 Å². The smallest absolute Gasteiger partial charge is 0.253 e. The van der Waals surface area contributed by atoms with Gasteiger partial charge in [-0.3, -0.25) is 4.79 Å². The second-order valence-electron chi connectivity index (χ2n) is 5.17. The van der Waals surface area contributed by atoms with E-state index in [-0.39, 0.29) is 10.8 Å². The van der Waals surface area contributed by atoms with Crippen molar-refractivity contribution in [3.05, 3.63) is 28.2 Å². The van der Waals surface area contributed by atoms with Gasteiger partial charge in [0.25, 0.3) is 5.91 Å². The van der Waals surface area contributed by atoms with Crippen molar-refractivity contribution in [1.29, 1.82) is 0 Å². The largest absolute Gasteiger partial charge is 0.341 e. The molecule has 2 N–H and O–H groups in total. The van der Waals surface area contributed by atoms with Crippen molar-refractivity contribution in [3.63, 3.8) is 0 Å². The zero-order chi connectivity index (χ0) is 14.9. The number of hydrogen-bond acceptors (Lipinski definition) is 3. The number of sulfonamides is 1. The van der Waals surface area contributed by atoms with Crippen LogP contribution in [0.1, 0.15) is 29.6 Å². The fourth-order valence-corrected chi connectivity index (χ4v) is 3.77. The number of hydrogen-bond donors (Lipinski definition) is 1. The molecule has 0 aromatic heterocycles. The van der Waals surface area contributed by atoms with Crippen LogP contribution < -0.4 is 5.14 Å². The highest BCUT2D eigenvalue weighted by atomic mass is 79.9. The van der Waals surface area contributed by atoms with Crippen molar-refractivity contribution in [2.75, 3.05) is 13.6 Å². The van der Waals surface area contributed by atoms with Crippen LogP contribution in [0.2, 0.25) is 0 Å². The Hall–Kier alpha value is -0.920. The quantitative estimate of drug-likeness (QED) is 0.890. The number of carbonyl (C=O) groups is 1. The van der Waals surface area contributed by atoms with Gasteiger partial charge in [-0.2, -0.15) is 0 Å². The zero-order valence-electron chi connectivity index (χ0n) is 11.2. The molecular formula is C13H17BrN2O3S. The van der Waals surface area contributed by atoms with Crippen LogP contribution in [0.25, 0.3) is 0 Å². The van der Waals surface area contributed by atoms with E-state index in [9.17, 15) is 13.2 Å². The van der Waals surface area contributed by atoms with Crippen molar-refractivity contribution in [2.45, 2.75) is 24.2 Å². The van der Waals surface area contributed by atoms with E-state index in [2.05, 4.69) is 15.9 Å². The molecule has 0 saturated heterocycles. The molecule has 0 unspecified atom stereocenters. The number of carbonyl (C=O) groups excluding carboxylic acids is 1. The monoisotopic (exact) mass is 360 g/mol. The molecule has 0 radical (unpaired) electrons. The van der Waals surface area contributed by atoms with Crippen molar-refractivity contribution in [3.8, 4) is 0 Å². The molecule has 1 fully saturated rings. The van der Waals surface area contributed by atoms with E-state index < -0.39 is 10.0 Å². The molecule has 2 rings (SSSR count). The normalized spacial score (nSPS) is 15.8. The molecule has 1 amide bonds. The summed E-state index contributed by atoms with van der Waals surface area (Å²) in [4.78, 5) is 13.9. The second kappa shape index (κ2) is 5.83. The average Bonchev–Trinajstić information content (AvgIpc) is 2.31. The third-order valence-corrected chi connectivity index (χ3v) is 5.49. The maximum absolute atomic E-state index is 12.3. The average molecular weight is 361 g/mol. The summed E-state index contributed by atoms with van der Waals surface area (Å²) in [5, 5.41) is 5.13. The molecule has 1 aliphatic carbocycles. The summed E-state index contributed by atoms with van der Waals surface area (Å²) in [5.74, 6) is 0.381. The summed E-state index contributed by atoms with van der Waals surface area (Å²) in [5.41, 5.74) is 0.332. The number of rotatable bonds is 4. The predicted octanol–water partition coefficient (Wildman–Crippen LogP) is 1.97. The molecule has 1 aliphatic rings. The number of primary sulfonamides is 1. The zero-order valence-corrected chi connectivity index (χ0v) is 13.6. The summed E-state index contributed by atoms with van der Waals surface area (Å²) < 4.78 is 23.3.